The third-order valence-corrected chi connectivity index (χ3v) is 2.54. The largest absolute Gasteiger partial charge is 0.459 e. The lowest BCUT2D eigenvalue weighted by atomic mass is 10.1. The Kier molecular flexibility index (Phi) is 4.04. The first-order valence-electron chi connectivity index (χ1n) is 5.28. The van der Waals surface area contributed by atoms with Crippen LogP contribution in [0.25, 0.3) is 0 Å². The fourth-order valence-electron chi connectivity index (χ4n) is 1.11. The van der Waals surface area contributed by atoms with E-state index in [1.807, 2.05) is 13.8 Å². The average Bonchev–Trinajstić information content (AvgIpc) is 2.22. The molecular formula is C12H15F2NO2. The van der Waals surface area contributed by atoms with Crippen LogP contribution >= 0.6 is 0 Å². The summed E-state index contributed by atoms with van der Waals surface area (Å²) in [5.74, 6) is -2.83. The van der Waals surface area contributed by atoms with E-state index in [1.54, 1.807) is 6.92 Å². The number of hydrogen-bond donors (Lipinski definition) is 1. The van der Waals surface area contributed by atoms with Gasteiger partial charge in [-0.25, -0.2) is 13.6 Å². The Labute approximate surface area is 98.6 Å². The number of halogens is 2. The van der Waals surface area contributed by atoms with Crippen molar-refractivity contribution in [3.05, 3.63) is 29.3 Å². The van der Waals surface area contributed by atoms with E-state index in [0.29, 0.717) is 0 Å². The van der Waals surface area contributed by atoms with E-state index in [-0.39, 0.29) is 23.3 Å². The number of rotatable bonds is 3. The van der Waals surface area contributed by atoms with Gasteiger partial charge in [0.2, 0.25) is 0 Å². The summed E-state index contributed by atoms with van der Waals surface area (Å²) >= 11 is 0. The third-order valence-electron chi connectivity index (χ3n) is 2.54. The predicted molar refractivity (Wildman–Crippen MR) is 60.5 cm³/mol. The van der Waals surface area contributed by atoms with Gasteiger partial charge in [0.05, 0.1) is 5.56 Å². The number of benzene rings is 1. The van der Waals surface area contributed by atoms with Crippen molar-refractivity contribution in [1.82, 2.24) is 0 Å². The molecule has 1 aromatic carbocycles. The molecule has 94 valence electrons. The Morgan fingerprint density at radius 2 is 1.76 bits per heavy atom. The van der Waals surface area contributed by atoms with Crippen molar-refractivity contribution in [3.63, 3.8) is 0 Å². The molecule has 5 heteroatoms. The van der Waals surface area contributed by atoms with Crippen molar-refractivity contribution < 1.29 is 18.3 Å². The van der Waals surface area contributed by atoms with Gasteiger partial charge in [0.25, 0.3) is 0 Å². The monoisotopic (exact) mass is 243 g/mol. The molecule has 1 rings (SSSR count). The highest BCUT2D eigenvalue weighted by molar-refractivity contribution is 5.95. The van der Waals surface area contributed by atoms with Crippen LogP contribution in [0, 0.1) is 17.6 Å². The van der Waals surface area contributed by atoms with E-state index >= 15 is 0 Å². The van der Waals surface area contributed by atoms with Gasteiger partial charge in [0, 0.05) is 11.8 Å². The van der Waals surface area contributed by atoms with Crippen molar-refractivity contribution in [3.8, 4) is 0 Å². The molecule has 3 nitrogen and oxygen atoms in total. The normalized spacial score (nSPS) is 12.6. The van der Waals surface area contributed by atoms with Gasteiger partial charge in [0.15, 0.2) is 11.6 Å². The summed E-state index contributed by atoms with van der Waals surface area (Å²) in [5, 5.41) is 0. The Hall–Kier alpha value is -1.65. The molecule has 0 amide bonds. The van der Waals surface area contributed by atoms with E-state index < -0.39 is 17.6 Å². The Morgan fingerprint density at radius 3 is 2.29 bits per heavy atom. The van der Waals surface area contributed by atoms with Gasteiger partial charge < -0.3 is 10.5 Å². The van der Waals surface area contributed by atoms with Crippen molar-refractivity contribution in [2.75, 3.05) is 5.73 Å². The van der Waals surface area contributed by atoms with Gasteiger partial charge in [0.1, 0.15) is 6.10 Å². The molecule has 1 unspecified atom stereocenters. The number of anilines is 1. The fourth-order valence-corrected chi connectivity index (χ4v) is 1.11. The number of carbonyl (C=O) groups excluding carboxylic acids is 1. The summed E-state index contributed by atoms with van der Waals surface area (Å²) < 4.78 is 30.8. The molecule has 0 bridgehead atoms. The third kappa shape index (κ3) is 3.15. The topological polar surface area (TPSA) is 52.3 Å². The maximum atomic E-state index is 13.0. The summed E-state index contributed by atoms with van der Waals surface area (Å²) in [5.41, 5.74) is 5.15. The van der Waals surface area contributed by atoms with Crippen molar-refractivity contribution in [2.24, 2.45) is 5.92 Å². The number of esters is 1. The maximum absolute atomic E-state index is 13.0. The van der Waals surface area contributed by atoms with Crippen LogP contribution in [0.3, 0.4) is 0 Å². The molecule has 0 aliphatic heterocycles. The van der Waals surface area contributed by atoms with Crippen LogP contribution in [0.2, 0.25) is 0 Å². The number of nitrogen functional groups attached to an aromatic ring is 1. The molecule has 0 aliphatic carbocycles. The number of ether oxygens (including phenoxy) is 1. The van der Waals surface area contributed by atoms with Gasteiger partial charge >= 0.3 is 5.97 Å². The molecule has 0 saturated carbocycles. The van der Waals surface area contributed by atoms with Crippen LogP contribution in [-0.4, -0.2) is 12.1 Å². The summed E-state index contributed by atoms with van der Waals surface area (Å²) in [4.78, 5) is 11.7. The number of hydrogen-bond acceptors (Lipinski definition) is 3. The lowest BCUT2D eigenvalue weighted by Crippen LogP contribution is -2.21. The molecule has 0 radical (unpaired) electrons. The standard InChI is InChI=1S/C12H15F2NO2/c1-6(2)7(3)17-12(16)8-4-9(13)10(14)5-11(8)15/h4-7H,15H2,1-3H3. The van der Waals surface area contributed by atoms with Crippen LogP contribution in [0.15, 0.2) is 12.1 Å². The zero-order chi connectivity index (χ0) is 13.2. The van der Waals surface area contributed by atoms with E-state index in [2.05, 4.69) is 0 Å². The lowest BCUT2D eigenvalue weighted by molar-refractivity contribution is 0.0238. The first-order chi connectivity index (χ1) is 7.82. The van der Waals surface area contributed by atoms with Gasteiger partial charge in [-0.2, -0.15) is 0 Å². The van der Waals surface area contributed by atoms with E-state index in [4.69, 9.17) is 10.5 Å². The second-order valence-corrected chi connectivity index (χ2v) is 4.21. The second kappa shape index (κ2) is 5.12. The smallest absolute Gasteiger partial charge is 0.340 e. The fraction of sp³-hybridized carbons (Fsp3) is 0.417. The molecule has 17 heavy (non-hydrogen) atoms. The first kappa shape index (κ1) is 13.4. The maximum Gasteiger partial charge on any atom is 0.340 e. The zero-order valence-corrected chi connectivity index (χ0v) is 9.96. The summed E-state index contributed by atoms with van der Waals surface area (Å²) in [6.07, 6.45) is -0.324. The summed E-state index contributed by atoms with van der Waals surface area (Å²) in [7, 11) is 0. The highest BCUT2D eigenvalue weighted by Gasteiger charge is 2.19. The SMILES string of the molecule is CC(C)C(C)OC(=O)c1cc(F)c(F)cc1N. The van der Waals surface area contributed by atoms with Gasteiger partial charge in [-0.3, -0.25) is 0 Å². The second-order valence-electron chi connectivity index (χ2n) is 4.21. The molecule has 2 N–H and O–H groups in total. The molecule has 0 spiro atoms. The van der Waals surface area contributed by atoms with E-state index in [0.717, 1.165) is 12.1 Å². The Bertz CT molecular complexity index is 433. The number of nitrogens with two attached hydrogens (primary N) is 1. The molecule has 1 atom stereocenters. The quantitative estimate of drug-likeness (QED) is 0.656. The summed E-state index contributed by atoms with van der Waals surface area (Å²) in [6, 6.07) is 1.52. The minimum atomic E-state index is -1.12. The minimum Gasteiger partial charge on any atom is -0.459 e. The van der Waals surface area contributed by atoms with Crippen LogP contribution in [-0.2, 0) is 4.74 Å². The average molecular weight is 243 g/mol. The highest BCUT2D eigenvalue weighted by atomic mass is 19.2. The van der Waals surface area contributed by atoms with Crippen LogP contribution in [0.5, 0.6) is 0 Å². The molecule has 1 aromatic rings. The van der Waals surface area contributed by atoms with Crippen LogP contribution in [0.1, 0.15) is 31.1 Å². The summed E-state index contributed by atoms with van der Waals surface area (Å²) in [6.45, 7) is 5.48. The lowest BCUT2D eigenvalue weighted by Gasteiger charge is -2.17. The van der Waals surface area contributed by atoms with E-state index in [1.165, 1.54) is 0 Å². The zero-order valence-electron chi connectivity index (χ0n) is 9.96. The molecule has 0 heterocycles. The molecular weight excluding hydrogens is 228 g/mol. The number of carbonyl (C=O) groups is 1. The van der Waals surface area contributed by atoms with Crippen LogP contribution in [0.4, 0.5) is 14.5 Å². The van der Waals surface area contributed by atoms with Gasteiger partial charge in [-0.05, 0) is 18.9 Å². The van der Waals surface area contributed by atoms with Crippen molar-refractivity contribution in [1.29, 1.82) is 0 Å². The van der Waals surface area contributed by atoms with Crippen molar-refractivity contribution in [2.45, 2.75) is 26.9 Å². The van der Waals surface area contributed by atoms with Gasteiger partial charge in [-0.1, -0.05) is 13.8 Å². The molecule has 0 saturated heterocycles. The van der Waals surface area contributed by atoms with E-state index in [9.17, 15) is 13.6 Å². The molecule has 0 aromatic heterocycles. The molecule has 0 aliphatic rings. The first-order valence-corrected chi connectivity index (χ1v) is 5.28. The van der Waals surface area contributed by atoms with Gasteiger partial charge in [-0.15, -0.1) is 0 Å². The molecule has 0 fully saturated rings. The van der Waals surface area contributed by atoms with Crippen molar-refractivity contribution >= 4 is 11.7 Å². The Balaban J connectivity index is 2.93. The minimum absolute atomic E-state index is 0.130. The van der Waals surface area contributed by atoms with Crippen LogP contribution < -0.4 is 5.73 Å². The Morgan fingerprint density at radius 1 is 1.24 bits per heavy atom. The predicted octanol–water partition coefficient (Wildman–Crippen LogP) is 2.75. The highest BCUT2D eigenvalue weighted by Crippen LogP contribution is 2.19.